The Morgan fingerprint density at radius 1 is 1.18 bits per heavy atom. The van der Waals surface area contributed by atoms with Gasteiger partial charge in [-0.15, -0.1) is 0 Å². The summed E-state index contributed by atoms with van der Waals surface area (Å²) < 4.78 is 5.03. The summed E-state index contributed by atoms with van der Waals surface area (Å²) in [5.41, 5.74) is 2.44. The summed E-state index contributed by atoms with van der Waals surface area (Å²) in [6, 6.07) is 15.5. The third-order valence-corrected chi connectivity index (χ3v) is 5.68. The number of ether oxygens (including phenoxy) is 1. The molecule has 0 radical (unpaired) electrons. The minimum absolute atomic E-state index is 0.317. The van der Waals surface area contributed by atoms with Crippen LogP contribution in [0.3, 0.4) is 0 Å². The molecule has 0 bridgehead atoms. The lowest BCUT2D eigenvalue weighted by atomic mass is 10.1. The number of thiocarbonyl (C=S) groups is 1. The van der Waals surface area contributed by atoms with Crippen LogP contribution in [-0.4, -0.2) is 28.6 Å². The molecule has 0 heterocycles. The Labute approximate surface area is 176 Å². The second-order valence-corrected chi connectivity index (χ2v) is 7.68. The monoisotopic (exact) mass is 416 g/mol. The molecule has 0 saturated heterocycles. The fourth-order valence-corrected chi connectivity index (χ4v) is 4.02. The molecule has 1 aliphatic rings. The summed E-state index contributed by atoms with van der Waals surface area (Å²) >= 11 is 12.1. The van der Waals surface area contributed by atoms with Crippen LogP contribution in [0.5, 0.6) is 0 Å². The van der Waals surface area contributed by atoms with Crippen molar-refractivity contribution in [2.75, 3.05) is 11.9 Å². The molecule has 148 valence electrons. The maximum absolute atomic E-state index is 11.8. The average Bonchev–Trinajstić information content (AvgIpc) is 3.22. The number of nitrogens with zero attached hydrogens (tertiary/aromatic N) is 1. The molecule has 3 rings (SSSR count). The highest BCUT2D eigenvalue weighted by atomic mass is 35.5. The molecule has 1 fully saturated rings. The zero-order chi connectivity index (χ0) is 19.9. The van der Waals surface area contributed by atoms with Gasteiger partial charge in [-0.05, 0) is 67.9 Å². The summed E-state index contributed by atoms with van der Waals surface area (Å²) in [6.07, 6.45) is 4.71. The highest BCUT2D eigenvalue weighted by Gasteiger charge is 2.25. The first-order valence-corrected chi connectivity index (χ1v) is 10.5. The Balaban J connectivity index is 1.72. The van der Waals surface area contributed by atoms with Gasteiger partial charge in [0.15, 0.2) is 5.11 Å². The quantitative estimate of drug-likeness (QED) is 0.486. The smallest absolute Gasteiger partial charge is 0.338 e. The highest BCUT2D eigenvalue weighted by molar-refractivity contribution is 7.80. The number of hydrogen-bond acceptors (Lipinski definition) is 3. The number of hydrogen-bond donors (Lipinski definition) is 1. The summed E-state index contributed by atoms with van der Waals surface area (Å²) in [5.74, 6) is -0.317. The second kappa shape index (κ2) is 9.89. The lowest BCUT2D eigenvalue weighted by Crippen LogP contribution is -2.41. The minimum Gasteiger partial charge on any atom is -0.462 e. The molecule has 2 aromatic rings. The minimum atomic E-state index is -0.317. The molecule has 1 aliphatic carbocycles. The molecule has 28 heavy (non-hydrogen) atoms. The number of esters is 1. The number of rotatable bonds is 6. The first-order chi connectivity index (χ1) is 13.6. The fourth-order valence-electron chi connectivity index (χ4n) is 3.49. The molecule has 0 aromatic heterocycles. The van der Waals surface area contributed by atoms with E-state index < -0.39 is 0 Å². The Kier molecular flexibility index (Phi) is 7.29. The predicted molar refractivity (Wildman–Crippen MR) is 118 cm³/mol. The molecule has 2 aromatic carbocycles. The Hall–Kier alpha value is -2.11. The summed E-state index contributed by atoms with van der Waals surface area (Å²) in [7, 11) is 0. The number of halogens is 1. The van der Waals surface area contributed by atoms with Crippen LogP contribution in [0.25, 0.3) is 0 Å². The van der Waals surface area contributed by atoms with Crippen molar-refractivity contribution in [3.63, 3.8) is 0 Å². The Morgan fingerprint density at radius 3 is 2.50 bits per heavy atom. The Morgan fingerprint density at radius 2 is 1.86 bits per heavy atom. The van der Waals surface area contributed by atoms with E-state index >= 15 is 0 Å². The molecule has 0 amide bonds. The largest absolute Gasteiger partial charge is 0.462 e. The molecule has 0 unspecified atom stereocenters. The first kappa shape index (κ1) is 20.6. The molecule has 0 aliphatic heterocycles. The van der Waals surface area contributed by atoms with Gasteiger partial charge in [-0.3, -0.25) is 0 Å². The van der Waals surface area contributed by atoms with Crippen molar-refractivity contribution in [2.24, 2.45) is 0 Å². The van der Waals surface area contributed by atoms with Gasteiger partial charge in [-0.1, -0.05) is 42.6 Å². The van der Waals surface area contributed by atoms with Crippen LogP contribution in [0.1, 0.15) is 48.5 Å². The van der Waals surface area contributed by atoms with E-state index in [-0.39, 0.29) is 5.97 Å². The number of benzene rings is 2. The highest BCUT2D eigenvalue weighted by Crippen LogP contribution is 2.27. The van der Waals surface area contributed by atoms with Gasteiger partial charge in [0.2, 0.25) is 0 Å². The molecule has 6 heteroatoms. The normalized spacial score (nSPS) is 13.9. The Bertz CT molecular complexity index is 820. The fraction of sp³-hybridized carbons (Fsp3) is 0.364. The van der Waals surface area contributed by atoms with E-state index in [9.17, 15) is 4.79 Å². The number of anilines is 1. The van der Waals surface area contributed by atoms with E-state index in [1.54, 1.807) is 19.1 Å². The molecule has 0 spiro atoms. The number of nitrogens with one attached hydrogen (secondary N) is 1. The van der Waals surface area contributed by atoms with Crippen LogP contribution < -0.4 is 5.32 Å². The van der Waals surface area contributed by atoms with E-state index in [1.807, 2.05) is 36.4 Å². The SMILES string of the molecule is CCOC(=O)c1ccc(NC(=S)N(Cc2ccccc2Cl)C2CCCC2)cc1. The zero-order valence-corrected chi connectivity index (χ0v) is 17.6. The van der Waals surface area contributed by atoms with Crippen LogP contribution in [0.2, 0.25) is 5.02 Å². The van der Waals surface area contributed by atoms with Gasteiger partial charge in [-0.2, -0.15) is 0 Å². The van der Waals surface area contributed by atoms with Crippen molar-refractivity contribution in [1.82, 2.24) is 4.90 Å². The maximum atomic E-state index is 11.8. The van der Waals surface area contributed by atoms with Gasteiger partial charge in [0, 0.05) is 23.3 Å². The summed E-state index contributed by atoms with van der Waals surface area (Å²) in [5, 5.41) is 4.75. The van der Waals surface area contributed by atoms with E-state index in [0.29, 0.717) is 29.9 Å². The van der Waals surface area contributed by atoms with Gasteiger partial charge < -0.3 is 15.0 Å². The molecular weight excluding hydrogens is 392 g/mol. The van der Waals surface area contributed by atoms with Crippen molar-refractivity contribution in [3.8, 4) is 0 Å². The number of carbonyl (C=O) groups is 1. The first-order valence-electron chi connectivity index (χ1n) is 9.66. The topological polar surface area (TPSA) is 41.6 Å². The van der Waals surface area contributed by atoms with Gasteiger partial charge in [0.05, 0.1) is 12.2 Å². The predicted octanol–water partition coefficient (Wildman–Crippen LogP) is 5.66. The summed E-state index contributed by atoms with van der Waals surface area (Å²) in [4.78, 5) is 14.0. The van der Waals surface area contributed by atoms with Gasteiger partial charge in [0.1, 0.15) is 0 Å². The van der Waals surface area contributed by atoms with Crippen molar-refractivity contribution >= 4 is 40.6 Å². The maximum Gasteiger partial charge on any atom is 0.338 e. The van der Waals surface area contributed by atoms with E-state index in [2.05, 4.69) is 10.2 Å². The number of carbonyl (C=O) groups excluding carboxylic acids is 1. The lowest BCUT2D eigenvalue weighted by molar-refractivity contribution is 0.0526. The van der Waals surface area contributed by atoms with Crippen LogP contribution >= 0.6 is 23.8 Å². The van der Waals surface area contributed by atoms with Gasteiger partial charge >= 0.3 is 5.97 Å². The second-order valence-electron chi connectivity index (χ2n) is 6.89. The van der Waals surface area contributed by atoms with Crippen molar-refractivity contribution < 1.29 is 9.53 Å². The van der Waals surface area contributed by atoms with Crippen LogP contribution in [0, 0.1) is 0 Å². The van der Waals surface area contributed by atoms with Crippen molar-refractivity contribution in [1.29, 1.82) is 0 Å². The average molecular weight is 417 g/mol. The van der Waals surface area contributed by atoms with E-state index in [1.165, 1.54) is 12.8 Å². The van der Waals surface area contributed by atoms with E-state index in [0.717, 1.165) is 29.1 Å². The van der Waals surface area contributed by atoms with Crippen LogP contribution in [0.15, 0.2) is 48.5 Å². The van der Waals surface area contributed by atoms with Gasteiger partial charge in [0.25, 0.3) is 0 Å². The third-order valence-electron chi connectivity index (χ3n) is 4.97. The van der Waals surface area contributed by atoms with Crippen LogP contribution in [0.4, 0.5) is 5.69 Å². The molecule has 4 nitrogen and oxygen atoms in total. The third kappa shape index (κ3) is 5.24. The summed E-state index contributed by atoms with van der Waals surface area (Å²) in [6.45, 7) is 2.83. The molecule has 0 atom stereocenters. The lowest BCUT2D eigenvalue weighted by Gasteiger charge is -2.32. The molecule has 1 N–H and O–H groups in total. The van der Waals surface area contributed by atoms with Crippen molar-refractivity contribution in [2.45, 2.75) is 45.2 Å². The zero-order valence-electron chi connectivity index (χ0n) is 16.0. The van der Waals surface area contributed by atoms with Crippen molar-refractivity contribution in [3.05, 3.63) is 64.7 Å². The molecular formula is C22H25ClN2O2S. The van der Waals surface area contributed by atoms with E-state index in [4.69, 9.17) is 28.6 Å². The van der Waals surface area contributed by atoms with Gasteiger partial charge in [-0.25, -0.2) is 4.79 Å². The standard InChI is InChI=1S/C22H25ClN2O2S/c1-2-27-21(26)16-11-13-18(14-12-16)24-22(28)25(19-8-4-5-9-19)15-17-7-3-6-10-20(17)23/h3,6-7,10-14,19H,2,4-5,8-9,15H2,1H3,(H,24,28). The molecule has 1 saturated carbocycles. The van der Waals surface area contributed by atoms with Crippen LogP contribution in [-0.2, 0) is 11.3 Å².